The van der Waals surface area contributed by atoms with E-state index in [9.17, 15) is 0 Å². The predicted molar refractivity (Wildman–Crippen MR) is 59.1 cm³/mol. The highest BCUT2D eigenvalue weighted by atomic mass is 14.8. The highest BCUT2D eigenvalue weighted by Crippen LogP contribution is 2.05. The summed E-state index contributed by atoms with van der Waals surface area (Å²) in [6.07, 6.45) is 4.10. The Bertz CT molecular complexity index is 204. The van der Waals surface area contributed by atoms with Gasteiger partial charge in [-0.1, -0.05) is 27.2 Å². The first kappa shape index (κ1) is 11.9. The Morgan fingerprint density at radius 1 is 1.31 bits per heavy atom. The highest BCUT2D eigenvalue weighted by molar-refractivity contribution is 5.39. The molecule has 0 atom stereocenters. The Morgan fingerprint density at radius 3 is 2.38 bits per heavy atom. The van der Waals surface area contributed by atoms with Gasteiger partial charge >= 0.3 is 0 Å². The highest BCUT2D eigenvalue weighted by Gasteiger charge is 1.91. The molecule has 0 saturated heterocycles. The molecule has 1 N–H and O–H groups in total. The lowest BCUT2D eigenvalue weighted by atomic mass is 10.2. The fourth-order valence-electron chi connectivity index (χ4n) is 0.976. The van der Waals surface area contributed by atoms with Crippen LogP contribution in [-0.4, -0.2) is 12.0 Å². The maximum atomic E-state index is 4.28. The molecule has 0 aromatic carbocycles. The van der Waals surface area contributed by atoms with Gasteiger partial charge in [0.25, 0.3) is 0 Å². The quantitative estimate of drug-likeness (QED) is 0.773. The summed E-state index contributed by atoms with van der Waals surface area (Å²) in [5.41, 5.74) is 2.25. The lowest BCUT2D eigenvalue weighted by Gasteiger charge is -2.00. The van der Waals surface area contributed by atoms with Crippen molar-refractivity contribution in [2.75, 3.05) is 12.4 Å². The predicted octanol–water partition coefficient (Wildman–Crippen LogP) is 3.10. The van der Waals surface area contributed by atoms with Gasteiger partial charge in [-0.3, -0.25) is 4.98 Å². The van der Waals surface area contributed by atoms with Crippen LogP contribution in [0.4, 0.5) is 5.69 Å². The van der Waals surface area contributed by atoms with Crippen LogP contribution in [0.3, 0.4) is 0 Å². The van der Waals surface area contributed by atoms with Crippen molar-refractivity contribution < 1.29 is 0 Å². The standard InChI is InChI=1S/C9H14N2.C2H6/c1-3-4-8-5-6-9(10-2)7-11-8;1-2/h5-7,10H,3-4H2,1-2H3;1-2H3. The number of nitrogens with one attached hydrogen (secondary N) is 1. The molecule has 2 heteroatoms. The second-order valence-electron chi connectivity index (χ2n) is 2.54. The number of anilines is 1. The summed E-state index contributed by atoms with van der Waals surface area (Å²) in [4.78, 5) is 4.28. The van der Waals surface area contributed by atoms with Gasteiger partial charge in [-0.15, -0.1) is 0 Å². The lowest BCUT2D eigenvalue weighted by Crippen LogP contribution is -1.92. The third-order valence-electron chi connectivity index (χ3n) is 1.62. The molecule has 0 aliphatic rings. The molecule has 2 nitrogen and oxygen atoms in total. The minimum atomic E-state index is 1.07. The van der Waals surface area contributed by atoms with E-state index in [1.165, 1.54) is 5.69 Å². The Morgan fingerprint density at radius 2 is 2.00 bits per heavy atom. The SMILES string of the molecule is CC.CCCc1ccc(NC)cn1. The van der Waals surface area contributed by atoms with Crippen LogP contribution >= 0.6 is 0 Å². The molecule has 0 bridgehead atoms. The molecule has 0 radical (unpaired) electrons. The molecular weight excluding hydrogens is 160 g/mol. The molecule has 0 unspecified atom stereocenters. The van der Waals surface area contributed by atoms with Crippen molar-refractivity contribution in [2.45, 2.75) is 33.6 Å². The van der Waals surface area contributed by atoms with Gasteiger partial charge in [0.05, 0.1) is 11.9 Å². The first-order valence-electron chi connectivity index (χ1n) is 4.99. The zero-order valence-electron chi connectivity index (χ0n) is 9.09. The van der Waals surface area contributed by atoms with Crippen molar-refractivity contribution in [1.29, 1.82) is 0 Å². The maximum Gasteiger partial charge on any atom is 0.0524 e. The first-order valence-corrected chi connectivity index (χ1v) is 4.99. The average Bonchev–Trinajstić information content (AvgIpc) is 2.23. The van der Waals surface area contributed by atoms with Crippen molar-refractivity contribution in [3.63, 3.8) is 0 Å². The summed E-state index contributed by atoms with van der Waals surface area (Å²) in [5, 5.41) is 3.03. The van der Waals surface area contributed by atoms with Crippen molar-refractivity contribution in [2.24, 2.45) is 0 Å². The number of aryl methyl sites for hydroxylation is 1. The molecule has 1 aromatic rings. The van der Waals surface area contributed by atoms with Crippen molar-refractivity contribution >= 4 is 5.69 Å². The van der Waals surface area contributed by atoms with E-state index < -0.39 is 0 Å². The minimum Gasteiger partial charge on any atom is -0.387 e. The molecule has 1 heterocycles. The van der Waals surface area contributed by atoms with Crippen LogP contribution in [0.2, 0.25) is 0 Å². The number of aromatic nitrogens is 1. The first-order chi connectivity index (χ1) is 6.36. The van der Waals surface area contributed by atoms with Crippen LogP contribution in [-0.2, 0) is 6.42 Å². The molecule has 13 heavy (non-hydrogen) atoms. The van der Waals surface area contributed by atoms with E-state index in [-0.39, 0.29) is 0 Å². The number of hydrogen-bond donors (Lipinski definition) is 1. The second kappa shape index (κ2) is 7.59. The van der Waals surface area contributed by atoms with E-state index in [1.54, 1.807) is 0 Å². The summed E-state index contributed by atoms with van der Waals surface area (Å²) in [6, 6.07) is 4.12. The smallest absolute Gasteiger partial charge is 0.0524 e. The van der Waals surface area contributed by atoms with E-state index >= 15 is 0 Å². The van der Waals surface area contributed by atoms with E-state index in [4.69, 9.17) is 0 Å². The van der Waals surface area contributed by atoms with Crippen molar-refractivity contribution in [3.8, 4) is 0 Å². The summed E-state index contributed by atoms with van der Waals surface area (Å²) < 4.78 is 0. The third kappa shape index (κ3) is 4.51. The van der Waals surface area contributed by atoms with Crippen molar-refractivity contribution in [1.82, 2.24) is 4.98 Å². The van der Waals surface area contributed by atoms with Gasteiger partial charge in [-0.25, -0.2) is 0 Å². The van der Waals surface area contributed by atoms with Gasteiger partial charge in [-0.2, -0.15) is 0 Å². The van der Waals surface area contributed by atoms with Gasteiger partial charge in [-0.05, 0) is 18.6 Å². The summed E-state index contributed by atoms with van der Waals surface area (Å²) >= 11 is 0. The third-order valence-corrected chi connectivity index (χ3v) is 1.62. The molecule has 0 fully saturated rings. The van der Waals surface area contributed by atoms with Gasteiger partial charge in [0.2, 0.25) is 0 Å². The van der Waals surface area contributed by atoms with Gasteiger partial charge < -0.3 is 5.32 Å². The van der Waals surface area contributed by atoms with E-state index in [0.717, 1.165) is 18.5 Å². The summed E-state index contributed by atoms with van der Waals surface area (Å²) in [5.74, 6) is 0. The van der Waals surface area contributed by atoms with Gasteiger partial charge in [0.15, 0.2) is 0 Å². The van der Waals surface area contributed by atoms with Crippen LogP contribution in [0.15, 0.2) is 18.3 Å². The zero-order valence-corrected chi connectivity index (χ0v) is 9.09. The summed E-state index contributed by atoms with van der Waals surface area (Å²) in [6.45, 7) is 6.16. The fourth-order valence-corrected chi connectivity index (χ4v) is 0.976. The topological polar surface area (TPSA) is 24.9 Å². The molecule has 1 rings (SSSR count). The molecule has 0 aliphatic carbocycles. The van der Waals surface area contributed by atoms with Crippen molar-refractivity contribution in [3.05, 3.63) is 24.0 Å². The van der Waals surface area contributed by atoms with E-state index in [1.807, 2.05) is 27.1 Å². The molecule has 0 aliphatic heterocycles. The normalized spacial score (nSPS) is 8.62. The number of rotatable bonds is 3. The van der Waals surface area contributed by atoms with E-state index in [2.05, 4.69) is 29.4 Å². The Balaban J connectivity index is 0.000000671. The number of hydrogen-bond acceptors (Lipinski definition) is 2. The molecule has 0 amide bonds. The van der Waals surface area contributed by atoms with Crippen LogP contribution in [0, 0.1) is 0 Å². The fraction of sp³-hybridized carbons (Fsp3) is 0.545. The van der Waals surface area contributed by atoms with Crippen LogP contribution in [0.1, 0.15) is 32.9 Å². The monoisotopic (exact) mass is 180 g/mol. The zero-order chi connectivity index (χ0) is 10.1. The lowest BCUT2D eigenvalue weighted by molar-refractivity contribution is 0.883. The average molecular weight is 180 g/mol. The Labute approximate surface area is 81.4 Å². The minimum absolute atomic E-state index is 1.07. The number of pyridine rings is 1. The Hall–Kier alpha value is -1.05. The maximum absolute atomic E-state index is 4.28. The van der Waals surface area contributed by atoms with Crippen LogP contribution in [0.5, 0.6) is 0 Å². The van der Waals surface area contributed by atoms with Gasteiger partial charge in [0, 0.05) is 12.7 Å². The molecule has 1 aromatic heterocycles. The number of nitrogens with zero attached hydrogens (tertiary/aromatic N) is 1. The second-order valence-corrected chi connectivity index (χ2v) is 2.54. The van der Waals surface area contributed by atoms with E-state index in [0.29, 0.717) is 0 Å². The Kier molecular flexibility index (Phi) is 6.98. The largest absolute Gasteiger partial charge is 0.387 e. The van der Waals surface area contributed by atoms with Crippen LogP contribution in [0.25, 0.3) is 0 Å². The molecular formula is C11H20N2. The van der Waals surface area contributed by atoms with Gasteiger partial charge in [0.1, 0.15) is 0 Å². The molecule has 0 spiro atoms. The summed E-state index contributed by atoms with van der Waals surface area (Å²) in [7, 11) is 1.90. The van der Waals surface area contributed by atoms with Crippen LogP contribution < -0.4 is 5.32 Å². The molecule has 74 valence electrons. The molecule has 0 saturated carbocycles.